The molecule has 1 aliphatic carbocycles. The van der Waals surface area contributed by atoms with Gasteiger partial charge in [0, 0.05) is 12.8 Å². The highest BCUT2D eigenvalue weighted by Gasteiger charge is 2.18. The Morgan fingerprint density at radius 3 is 2.89 bits per heavy atom. The van der Waals surface area contributed by atoms with Crippen LogP contribution >= 0.6 is 0 Å². The normalized spacial score (nSPS) is 22.3. The highest BCUT2D eigenvalue weighted by Crippen LogP contribution is 2.25. The third-order valence-electron chi connectivity index (χ3n) is 3.94. The fourth-order valence-corrected chi connectivity index (χ4v) is 2.73. The third-order valence-corrected chi connectivity index (χ3v) is 3.94. The SMILES string of the molecule is COC(=O)[C@@H](C)CCCC[C@@H]1CCCCC(=O)C1. The van der Waals surface area contributed by atoms with Crippen molar-refractivity contribution in [2.45, 2.75) is 64.7 Å². The molecule has 0 heterocycles. The third kappa shape index (κ3) is 5.65. The number of ether oxygens (including phenoxy) is 1. The second-order valence-electron chi connectivity index (χ2n) is 5.56. The number of rotatable bonds is 6. The first-order valence-corrected chi connectivity index (χ1v) is 7.23. The van der Waals surface area contributed by atoms with Crippen LogP contribution in [0.5, 0.6) is 0 Å². The minimum Gasteiger partial charge on any atom is -0.469 e. The van der Waals surface area contributed by atoms with Crippen molar-refractivity contribution in [3.63, 3.8) is 0 Å². The summed E-state index contributed by atoms with van der Waals surface area (Å²) in [5.41, 5.74) is 0. The van der Waals surface area contributed by atoms with Gasteiger partial charge in [0.25, 0.3) is 0 Å². The van der Waals surface area contributed by atoms with E-state index in [1.165, 1.54) is 20.0 Å². The Balaban J connectivity index is 2.13. The molecule has 0 N–H and O–H groups in total. The van der Waals surface area contributed by atoms with Gasteiger partial charge in [-0.3, -0.25) is 9.59 Å². The van der Waals surface area contributed by atoms with Gasteiger partial charge in [-0.25, -0.2) is 0 Å². The van der Waals surface area contributed by atoms with Crippen LogP contribution in [0.2, 0.25) is 0 Å². The molecule has 0 spiro atoms. The molecular weight excluding hydrogens is 228 g/mol. The number of esters is 1. The van der Waals surface area contributed by atoms with E-state index in [1.54, 1.807) is 0 Å². The summed E-state index contributed by atoms with van der Waals surface area (Å²) in [7, 11) is 1.44. The van der Waals surface area contributed by atoms with Crippen LogP contribution in [0, 0.1) is 11.8 Å². The molecule has 0 amide bonds. The van der Waals surface area contributed by atoms with Crippen LogP contribution in [0.15, 0.2) is 0 Å². The molecule has 0 unspecified atom stereocenters. The van der Waals surface area contributed by atoms with Crippen LogP contribution in [0.3, 0.4) is 0 Å². The van der Waals surface area contributed by atoms with E-state index in [1.807, 2.05) is 6.92 Å². The lowest BCUT2D eigenvalue weighted by atomic mass is 9.92. The van der Waals surface area contributed by atoms with E-state index in [0.717, 1.165) is 44.9 Å². The maximum Gasteiger partial charge on any atom is 0.308 e. The molecule has 104 valence electrons. The molecule has 3 nitrogen and oxygen atoms in total. The molecule has 0 aromatic carbocycles. The fourth-order valence-electron chi connectivity index (χ4n) is 2.73. The Morgan fingerprint density at radius 1 is 1.39 bits per heavy atom. The van der Waals surface area contributed by atoms with Gasteiger partial charge in [-0.1, -0.05) is 39.0 Å². The number of ketones is 1. The van der Waals surface area contributed by atoms with Gasteiger partial charge in [-0.15, -0.1) is 0 Å². The number of hydrogen-bond donors (Lipinski definition) is 0. The highest BCUT2D eigenvalue weighted by molar-refractivity contribution is 5.78. The standard InChI is InChI=1S/C15H26O3/c1-12(15(17)18-2)7-3-4-8-13-9-5-6-10-14(16)11-13/h12-13H,3-11H2,1-2H3/t12-,13+/m0/s1. The smallest absolute Gasteiger partial charge is 0.308 e. The van der Waals surface area contributed by atoms with E-state index in [4.69, 9.17) is 4.74 Å². The average molecular weight is 254 g/mol. The molecule has 18 heavy (non-hydrogen) atoms. The Kier molecular flexibility index (Phi) is 6.99. The monoisotopic (exact) mass is 254 g/mol. The van der Waals surface area contributed by atoms with Gasteiger partial charge >= 0.3 is 5.97 Å². The summed E-state index contributed by atoms with van der Waals surface area (Å²) in [6.07, 6.45) is 9.28. The lowest BCUT2D eigenvalue weighted by molar-refractivity contribution is -0.145. The van der Waals surface area contributed by atoms with E-state index in [-0.39, 0.29) is 11.9 Å². The van der Waals surface area contributed by atoms with Gasteiger partial charge < -0.3 is 4.74 Å². The van der Waals surface area contributed by atoms with Crippen molar-refractivity contribution in [1.82, 2.24) is 0 Å². The number of carbonyl (C=O) groups excluding carboxylic acids is 2. The maximum atomic E-state index is 11.5. The lowest BCUT2D eigenvalue weighted by Crippen LogP contribution is -2.12. The predicted molar refractivity (Wildman–Crippen MR) is 71.2 cm³/mol. The Bertz CT molecular complexity index is 273. The number of methoxy groups -OCH3 is 1. The molecular formula is C15H26O3. The van der Waals surface area contributed by atoms with E-state index < -0.39 is 0 Å². The van der Waals surface area contributed by atoms with Crippen LogP contribution in [-0.4, -0.2) is 18.9 Å². The largest absolute Gasteiger partial charge is 0.469 e. The van der Waals surface area contributed by atoms with E-state index in [0.29, 0.717) is 11.7 Å². The van der Waals surface area contributed by atoms with Gasteiger partial charge in [0.05, 0.1) is 13.0 Å². The van der Waals surface area contributed by atoms with Crippen molar-refractivity contribution in [3.05, 3.63) is 0 Å². The van der Waals surface area contributed by atoms with Crippen LogP contribution in [0.1, 0.15) is 64.7 Å². The average Bonchev–Trinajstić information content (AvgIpc) is 2.57. The Hall–Kier alpha value is -0.860. The number of hydrogen-bond acceptors (Lipinski definition) is 3. The minimum absolute atomic E-state index is 0.00534. The molecule has 1 aliphatic rings. The second-order valence-corrected chi connectivity index (χ2v) is 5.56. The van der Waals surface area contributed by atoms with Crippen LogP contribution in [-0.2, 0) is 14.3 Å². The quantitative estimate of drug-likeness (QED) is 0.414. The predicted octanol–water partition coefficient (Wildman–Crippen LogP) is 3.51. The van der Waals surface area contributed by atoms with Gasteiger partial charge in [-0.05, 0) is 18.8 Å². The van der Waals surface area contributed by atoms with Crippen molar-refractivity contribution in [1.29, 1.82) is 0 Å². The lowest BCUT2D eigenvalue weighted by Gasteiger charge is -2.13. The van der Waals surface area contributed by atoms with Gasteiger partial charge in [-0.2, -0.15) is 0 Å². The summed E-state index contributed by atoms with van der Waals surface area (Å²) in [6.45, 7) is 1.92. The molecule has 0 saturated heterocycles. The molecule has 2 atom stereocenters. The van der Waals surface area contributed by atoms with Crippen LogP contribution in [0.25, 0.3) is 0 Å². The molecule has 0 aliphatic heterocycles. The Labute approximate surface area is 110 Å². The van der Waals surface area contributed by atoms with E-state index in [2.05, 4.69) is 0 Å². The van der Waals surface area contributed by atoms with Crippen LogP contribution < -0.4 is 0 Å². The van der Waals surface area contributed by atoms with Crippen molar-refractivity contribution in [3.8, 4) is 0 Å². The fraction of sp³-hybridized carbons (Fsp3) is 0.867. The maximum absolute atomic E-state index is 11.5. The number of unbranched alkanes of at least 4 members (excludes halogenated alkanes) is 1. The summed E-state index contributed by atoms with van der Waals surface area (Å²) in [5.74, 6) is 0.930. The molecule has 0 bridgehead atoms. The molecule has 0 aromatic heterocycles. The van der Waals surface area contributed by atoms with E-state index in [9.17, 15) is 9.59 Å². The topological polar surface area (TPSA) is 43.4 Å². The minimum atomic E-state index is -0.111. The molecule has 1 rings (SSSR count). The highest BCUT2D eigenvalue weighted by atomic mass is 16.5. The molecule has 0 radical (unpaired) electrons. The Morgan fingerprint density at radius 2 is 2.17 bits per heavy atom. The summed E-state index contributed by atoms with van der Waals surface area (Å²) in [5, 5.41) is 0. The van der Waals surface area contributed by atoms with Crippen molar-refractivity contribution in [2.75, 3.05) is 7.11 Å². The zero-order chi connectivity index (χ0) is 13.4. The van der Waals surface area contributed by atoms with Crippen molar-refractivity contribution in [2.24, 2.45) is 11.8 Å². The number of Topliss-reactive ketones (excluding diaryl/α,β-unsaturated/α-hetero) is 1. The summed E-state index contributed by atoms with van der Waals surface area (Å²) in [4.78, 5) is 22.7. The molecule has 1 fully saturated rings. The summed E-state index contributed by atoms with van der Waals surface area (Å²) >= 11 is 0. The summed E-state index contributed by atoms with van der Waals surface area (Å²) < 4.78 is 4.71. The zero-order valence-corrected chi connectivity index (χ0v) is 11.7. The van der Waals surface area contributed by atoms with Crippen molar-refractivity contribution < 1.29 is 14.3 Å². The molecule has 0 aromatic rings. The first kappa shape index (κ1) is 15.2. The second kappa shape index (κ2) is 8.28. The summed E-state index contributed by atoms with van der Waals surface area (Å²) in [6, 6.07) is 0. The molecule has 1 saturated carbocycles. The van der Waals surface area contributed by atoms with Crippen LogP contribution in [0.4, 0.5) is 0 Å². The number of carbonyl (C=O) groups is 2. The first-order chi connectivity index (χ1) is 8.63. The van der Waals surface area contributed by atoms with Crippen molar-refractivity contribution >= 4 is 11.8 Å². The zero-order valence-electron chi connectivity index (χ0n) is 11.7. The molecule has 3 heteroatoms. The van der Waals surface area contributed by atoms with Gasteiger partial charge in [0.15, 0.2) is 0 Å². The van der Waals surface area contributed by atoms with Gasteiger partial charge in [0.1, 0.15) is 5.78 Å². The first-order valence-electron chi connectivity index (χ1n) is 7.23. The van der Waals surface area contributed by atoms with Gasteiger partial charge in [0.2, 0.25) is 0 Å². The van der Waals surface area contributed by atoms with E-state index >= 15 is 0 Å².